The number of primary amides is 1. The van der Waals surface area contributed by atoms with Crippen molar-refractivity contribution in [2.45, 2.75) is 43.9 Å². The normalized spacial score (nSPS) is 22.2. The van der Waals surface area contributed by atoms with Gasteiger partial charge in [-0.1, -0.05) is 18.9 Å². The maximum Gasteiger partial charge on any atom is 0.233 e. The minimum atomic E-state index is -0.477. The van der Waals surface area contributed by atoms with Gasteiger partial charge in [0, 0.05) is 19.0 Å². The SMILES string of the molecule is NC(=O)C1CCN(C(=O)C2(c3ccc4c(c3)OCCO4)CCCC2)CC1. The van der Waals surface area contributed by atoms with E-state index in [9.17, 15) is 9.59 Å². The van der Waals surface area contributed by atoms with Gasteiger partial charge in [0.2, 0.25) is 11.8 Å². The Balaban J connectivity index is 1.59. The van der Waals surface area contributed by atoms with Crippen molar-refractivity contribution < 1.29 is 19.1 Å². The molecule has 2 amide bonds. The first kappa shape index (κ1) is 17.2. The average molecular weight is 358 g/mol. The highest BCUT2D eigenvalue weighted by atomic mass is 16.6. The molecule has 2 aliphatic heterocycles. The largest absolute Gasteiger partial charge is 0.486 e. The molecule has 1 aromatic rings. The Morgan fingerprint density at radius 3 is 2.35 bits per heavy atom. The summed E-state index contributed by atoms with van der Waals surface area (Å²) < 4.78 is 11.4. The number of amides is 2. The van der Waals surface area contributed by atoms with Crippen molar-refractivity contribution in [3.8, 4) is 11.5 Å². The van der Waals surface area contributed by atoms with Gasteiger partial charge in [0.05, 0.1) is 5.41 Å². The number of rotatable bonds is 3. The summed E-state index contributed by atoms with van der Waals surface area (Å²) in [5, 5.41) is 0. The van der Waals surface area contributed by atoms with Gasteiger partial charge < -0.3 is 20.1 Å². The lowest BCUT2D eigenvalue weighted by Crippen LogP contribution is -2.49. The number of carbonyl (C=O) groups excluding carboxylic acids is 2. The second kappa shape index (κ2) is 6.82. The number of nitrogens with two attached hydrogens (primary N) is 1. The van der Waals surface area contributed by atoms with Crippen LogP contribution in [-0.2, 0) is 15.0 Å². The molecule has 3 aliphatic rings. The van der Waals surface area contributed by atoms with E-state index >= 15 is 0 Å². The zero-order chi connectivity index (χ0) is 18.1. The number of nitrogens with zero attached hydrogens (tertiary/aromatic N) is 1. The molecule has 1 aliphatic carbocycles. The molecule has 4 rings (SSSR count). The van der Waals surface area contributed by atoms with Gasteiger partial charge >= 0.3 is 0 Å². The van der Waals surface area contributed by atoms with Crippen molar-refractivity contribution >= 4 is 11.8 Å². The van der Waals surface area contributed by atoms with E-state index in [4.69, 9.17) is 15.2 Å². The molecule has 2 heterocycles. The molecule has 1 saturated heterocycles. The van der Waals surface area contributed by atoms with Crippen molar-refractivity contribution in [3.05, 3.63) is 23.8 Å². The van der Waals surface area contributed by atoms with Crippen molar-refractivity contribution in [2.75, 3.05) is 26.3 Å². The third kappa shape index (κ3) is 2.91. The summed E-state index contributed by atoms with van der Waals surface area (Å²) >= 11 is 0. The summed E-state index contributed by atoms with van der Waals surface area (Å²) in [4.78, 5) is 26.8. The van der Waals surface area contributed by atoms with Crippen molar-refractivity contribution in [1.82, 2.24) is 4.90 Å². The topological polar surface area (TPSA) is 81.9 Å². The predicted molar refractivity (Wildman–Crippen MR) is 96.1 cm³/mol. The van der Waals surface area contributed by atoms with Crippen molar-refractivity contribution in [3.63, 3.8) is 0 Å². The van der Waals surface area contributed by atoms with E-state index in [1.54, 1.807) is 0 Å². The molecule has 26 heavy (non-hydrogen) atoms. The molecule has 2 N–H and O–H groups in total. The van der Waals surface area contributed by atoms with E-state index in [1.807, 2.05) is 23.1 Å². The summed E-state index contributed by atoms with van der Waals surface area (Å²) in [5.74, 6) is 1.32. The third-order valence-electron chi connectivity index (χ3n) is 6.15. The minimum Gasteiger partial charge on any atom is -0.486 e. The molecule has 1 saturated carbocycles. The number of carbonyl (C=O) groups is 2. The molecular weight excluding hydrogens is 332 g/mol. The van der Waals surface area contributed by atoms with E-state index in [-0.39, 0.29) is 17.7 Å². The van der Waals surface area contributed by atoms with E-state index in [0.29, 0.717) is 39.1 Å². The van der Waals surface area contributed by atoms with Crippen LogP contribution < -0.4 is 15.2 Å². The summed E-state index contributed by atoms with van der Waals surface area (Å²) in [7, 11) is 0. The predicted octanol–water partition coefficient (Wildman–Crippen LogP) is 1.99. The molecule has 0 unspecified atom stereocenters. The van der Waals surface area contributed by atoms with Gasteiger partial charge in [0.25, 0.3) is 0 Å². The van der Waals surface area contributed by atoms with Crippen molar-refractivity contribution in [1.29, 1.82) is 0 Å². The Bertz CT molecular complexity index is 704. The van der Waals surface area contributed by atoms with E-state index in [2.05, 4.69) is 0 Å². The van der Waals surface area contributed by atoms with Crippen LogP contribution in [0.15, 0.2) is 18.2 Å². The van der Waals surface area contributed by atoms with Crippen LogP contribution in [0.2, 0.25) is 0 Å². The first-order valence-corrected chi connectivity index (χ1v) is 9.59. The average Bonchev–Trinajstić information content (AvgIpc) is 3.18. The highest BCUT2D eigenvalue weighted by Gasteiger charge is 2.46. The van der Waals surface area contributed by atoms with Gasteiger partial charge in [-0.05, 0) is 43.4 Å². The number of likely N-dealkylation sites (tertiary alicyclic amines) is 1. The number of benzene rings is 1. The molecule has 0 radical (unpaired) electrons. The molecule has 2 fully saturated rings. The fourth-order valence-corrected chi connectivity index (χ4v) is 4.62. The molecule has 0 atom stereocenters. The lowest BCUT2D eigenvalue weighted by molar-refractivity contribution is -0.140. The van der Waals surface area contributed by atoms with E-state index < -0.39 is 5.41 Å². The highest BCUT2D eigenvalue weighted by Crippen LogP contribution is 2.45. The molecule has 6 nitrogen and oxygen atoms in total. The maximum absolute atomic E-state index is 13.5. The number of hydrogen-bond acceptors (Lipinski definition) is 4. The van der Waals surface area contributed by atoms with Crippen LogP contribution in [0, 0.1) is 5.92 Å². The standard InChI is InChI=1S/C20H26N2O4/c21-18(23)14-5-9-22(10-6-14)19(24)20(7-1-2-8-20)15-3-4-16-17(13-15)26-12-11-25-16/h3-4,13-14H,1-2,5-12H2,(H2,21,23). The summed E-state index contributed by atoms with van der Waals surface area (Å²) in [6, 6.07) is 5.94. The summed E-state index contributed by atoms with van der Waals surface area (Å²) in [6.45, 7) is 2.32. The molecular formula is C20H26N2O4. The van der Waals surface area contributed by atoms with Crippen molar-refractivity contribution in [2.24, 2.45) is 11.7 Å². The second-order valence-electron chi connectivity index (χ2n) is 7.62. The van der Waals surface area contributed by atoms with Crippen LogP contribution in [0.4, 0.5) is 0 Å². The lowest BCUT2D eigenvalue weighted by Gasteiger charge is -2.38. The molecule has 1 aromatic carbocycles. The lowest BCUT2D eigenvalue weighted by atomic mass is 9.76. The van der Waals surface area contributed by atoms with Crippen LogP contribution in [0.3, 0.4) is 0 Å². The summed E-state index contributed by atoms with van der Waals surface area (Å²) in [5.41, 5.74) is 5.98. The van der Waals surface area contributed by atoms with Gasteiger partial charge in [-0.15, -0.1) is 0 Å². The highest BCUT2D eigenvalue weighted by molar-refractivity contribution is 5.89. The minimum absolute atomic E-state index is 0.104. The Morgan fingerprint density at radius 2 is 1.69 bits per heavy atom. The van der Waals surface area contributed by atoms with Crippen LogP contribution >= 0.6 is 0 Å². The van der Waals surface area contributed by atoms with Gasteiger partial charge in [0.1, 0.15) is 13.2 Å². The number of ether oxygens (including phenoxy) is 2. The summed E-state index contributed by atoms with van der Waals surface area (Å²) in [6.07, 6.45) is 5.16. The molecule has 140 valence electrons. The number of piperidine rings is 1. The smallest absolute Gasteiger partial charge is 0.233 e. The fourth-order valence-electron chi connectivity index (χ4n) is 4.62. The molecule has 0 aromatic heterocycles. The Morgan fingerprint density at radius 1 is 1.04 bits per heavy atom. The monoisotopic (exact) mass is 358 g/mol. The number of hydrogen-bond donors (Lipinski definition) is 1. The van der Waals surface area contributed by atoms with E-state index in [0.717, 1.165) is 42.7 Å². The van der Waals surface area contributed by atoms with Crippen LogP contribution in [-0.4, -0.2) is 43.0 Å². The van der Waals surface area contributed by atoms with E-state index in [1.165, 1.54) is 0 Å². The van der Waals surface area contributed by atoms with Gasteiger partial charge in [-0.3, -0.25) is 9.59 Å². The van der Waals surface area contributed by atoms with Crippen LogP contribution in [0.5, 0.6) is 11.5 Å². The third-order valence-corrected chi connectivity index (χ3v) is 6.15. The quantitative estimate of drug-likeness (QED) is 0.896. The van der Waals surface area contributed by atoms with Gasteiger partial charge in [0.15, 0.2) is 11.5 Å². The van der Waals surface area contributed by atoms with Gasteiger partial charge in [-0.2, -0.15) is 0 Å². The number of fused-ring (bicyclic) bond motifs is 1. The van der Waals surface area contributed by atoms with Crippen LogP contribution in [0.25, 0.3) is 0 Å². The zero-order valence-corrected chi connectivity index (χ0v) is 15.0. The van der Waals surface area contributed by atoms with Gasteiger partial charge in [-0.25, -0.2) is 0 Å². The fraction of sp³-hybridized carbons (Fsp3) is 0.600. The zero-order valence-electron chi connectivity index (χ0n) is 15.0. The van der Waals surface area contributed by atoms with Crippen LogP contribution in [0.1, 0.15) is 44.1 Å². The molecule has 0 spiro atoms. The Kier molecular flexibility index (Phi) is 4.51. The second-order valence-corrected chi connectivity index (χ2v) is 7.62. The Labute approximate surface area is 153 Å². The molecule has 6 heteroatoms. The first-order valence-electron chi connectivity index (χ1n) is 9.59. The molecule has 0 bridgehead atoms. The maximum atomic E-state index is 13.5. The first-order chi connectivity index (χ1) is 12.6. The Hall–Kier alpha value is -2.24.